The minimum absolute atomic E-state index is 0.326. The van der Waals surface area contributed by atoms with Crippen molar-refractivity contribution < 1.29 is 72.1 Å². The molecule has 3 aromatic carbocycles. The molecule has 0 saturated heterocycles. The topological polar surface area (TPSA) is 204 Å². The highest BCUT2D eigenvalue weighted by atomic mass is 79.9. The van der Waals surface area contributed by atoms with Gasteiger partial charge in [0.2, 0.25) is 0 Å². The van der Waals surface area contributed by atoms with Crippen LogP contribution in [0.4, 0.5) is 4.39 Å². The molecule has 416 valence electrons. The van der Waals surface area contributed by atoms with Crippen LogP contribution in [0, 0.1) is 0 Å². The summed E-state index contributed by atoms with van der Waals surface area (Å²) in [5.41, 5.74) is 17.2. The first-order chi connectivity index (χ1) is 36.7. The van der Waals surface area contributed by atoms with E-state index in [9.17, 15) is 4.39 Å². The summed E-state index contributed by atoms with van der Waals surface area (Å²) in [5, 5.41) is 4.20. The Morgan fingerprint density at radius 2 is 0.699 bits per heavy atom. The quantitative estimate of drug-likeness (QED) is 0.0149. The van der Waals surface area contributed by atoms with E-state index in [0.717, 1.165) is 11.1 Å². The van der Waals surface area contributed by atoms with Gasteiger partial charge in [0.1, 0.15) is 0 Å². The molecular formula is C52H84BrFN4O14S. The summed E-state index contributed by atoms with van der Waals surface area (Å²) in [6, 6.07) is 32.2. The number of hydrogen-bond acceptors (Lipinski definition) is 17. The van der Waals surface area contributed by atoms with Crippen molar-refractivity contribution in [3.8, 4) is 0 Å². The first-order valence-corrected chi connectivity index (χ1v) is 26.8. The molecule has 18 nitrogen and oxygen atoms in total. The van der Waals surface area contributed by atoms with Crippen molar-refractivity contribution >= 4 is 27.7 Å². The molecule has 0 spiro atoms. The summed E-state index contributed by atoms with van der Waals surface area (Å²) in [7, 11) is -1.00. The van der Waals surface area contributed by atoms with Gasteiger partial charge in [-0.05, 0) is 22.2 Å². The molecule has 0 fully saturated rings. The zero-order valence-corrected chi connectivity index (χ0v) is 45.2. The van der Waals surface area contributed by atoms with Gasteiger partial charge in [0, 0.05) is 29.1 Å². The highest BCUT2D eigenvalue weighted by molar-refractivity contribution is 9.09. The number of nitrogens with two attached hydrogens (primary N) is 1. The van der Waals surface area contributed by atoms with Crippen LogP contribution in [0.3, 0.4) is 0 Å². The van der Waals surface area contributed by atoms with Crippen LogP contribution in [-0.4, -0.2) is 216 Å². The number of nitrogens with zero attached hydrogens (tertiary/aromatic N) is 3. The third-order valence-corrected chi connectivity index (χ3v) is 11.3. The maximum absolute atomic E-state index is 9.96. The maximum Gasteiger partial charge on any atom is 0.0907 e. The maximum atomic E-state index is 9.96. The van der Waals surface area contributed by atoms with E-state index in [-0.39, 0.29) is 4.75 Å². The van der Waals surface area contributed by atoms with Crippen LogP contribution in [0.15, 0.2) is 96.1 Å². The average Bonchev–Trinajstić information content (AvgIpc) is 3.43. The van der Waals surface area contributed by atoms with E-state index in [1.54, 1.807) is 0 Å². The van der Waals surface area contributed by atoms with Crippen molar-refractivity contribution in [2.75, 3.05) is 216 Å². The molecule has 73 heavy (non-hydrogen) atoms. The molecule has 0 bridgehead atoms. The number of rotatable bonds is 50. The molecule has 0 amide bonds. The average molecular weight is 1120 g/mol. The molecule has 0 unspecified atom stereocenters. The number of azide groups is 1. The summed E-state index contributed by atoms with van der Waals surface area (Å²) in [6.45, 7) is 15.9. The highest BCUT2D eigenvalue weighted by Gasteiger charge is 2.36. The molecule has 0 aromatic heterocycles. The number of alkyl halides is 2. The monoisotopic (exact) mass is 1120 g/mol. The first-order valence-electron chi connectivity index (χ1n) is 25.4. The fourth-order valence-electron chi connectivity index (χ4n) is 6.15. The largest absolute Gasteiger partial charge is 0.379 e. The third kappa shape index (κ3) is 39.2. The van der Waals surface area contributed by atoms with Crippen LogP contribution in [-0.2, 0) is 71.1 Å². The van der Waals surface area contributed by atoms with Gasteiger partial charge in [0.25, 0.3) is 0 Å². The standard InChI is InChI=1S/C35H49NO7S.C16H32BrN3O7.CH3F/c36-16-17-37-18-19-38-20-21-39-22-23-40-24-25-41-26-27-42-28-29-43-30-31-44-35(32-10-4-1-5-11-32,33-12-6-2-7-13-33)34-14-8-3-9-15-34;17-1-3-21-5-7-23-9-11-25-13-15-27-16-14-26-12-10-24-8-6-22-4-2-19-20-18;1-2/h1-15H,16-31,36H2;1-16H2;1H3/i;;1D. The van der Waals surface area contributed by atoms with E-state index in [2.05, 4.69) is 117 Å². The fraction of sp³-hybridized carbons (Fsp3) is 0.654. The Morgan fingerprint density at radius 3 is 0.959 bits per heavy atom. The normalized spacial score (nSPS) is 11.3. The van der Waals surface area contributed by atoms with Crippen LogP contribution in [0.1, 0.15) is 18.1 Å². The molecule has 3 rings (SSSR count). The van der Waals surface area contributed by atoms with Crippen LogP contribution in [0.2, 0.25) is 0 Å². The van der Waals surface area contributed by atoms with Crippen molar-refractivity contribution in [3.05, 3.63) is 118 Å². The molecule has 3 aromatic rings. The lowest BCUT2D eigenvalue weighted by molar-refractivity contribution is -0.0198. The lowest BCUT2D eigenvalue weighted by Crippen LogP contribution is -2.26. The summed E-state index contributed by atoms with van der Waals surface area (Å²) < 4.78 is 91.2. The van der Waals surface area contributed by atoms with Crippen LogP contribution in [0.5, 0.6) is 0 Å². The summed E-state index contributed by atoms with van der Waals surface area (Å²) in [6.07, 6.45) is 0. The van der Waals surface area contributed by atoms with E-state index < -0.39 is 7.15 Å². The van der Waals surface area contributed by atoms with Gasteiger partial charge in [-0.1, -0.05) is 112 Å². The Hall–Kier alpha value is -2.87. The number of hydrogen-bond donors (Lipinski definition) is 1. The smallest absolute Gasteiger partial charge is 0.0907 e. The van der Waals surface area contributed by atoms with Crippen molar-refractivity contribution in [1.82, 2.24) is 0 Å². The number of benzene rings is 3. The first kappa shape index (κ1) is 66.2. The molecule has 0 atom stereocenters. The Morgan fingerprint density at radius 1 is 0.452 bits per heavy atom. The number of halogens is 2. The van der Waals surface area contributed by atoms with Gasteiger partial charge in [0.15, 0.2) is 0 Å². The van der Waals surface area contributed by atoms with E-state index >= 15 is 0 Å². The Kier molecular flexibility index (Phi) is 50.2. The molecule has 0 heterocycles. The minimum Gasteiger partial charge on any atom is -0.379 e. The molecule has 2 N–H and O–H groups in total. The summed E-state index contributed by atoms with van der Waals surface area (Å²) in [5.74, 6) is 0.839. The predicted octanol–water partition coefficient (Wildman–Crippen LogP) is 7.18. The Bertz CT molecular complexity index is 1540. The molecule has 21 heteroatoms. The van der Waals surface area contributed by atoms with E-state index in [4.69, 9.17) is 79.0 Å². The SMILES string of the molecule is NCCOCCOCCOCCOCCOCCOCCOCCSC(c1ccccc1)(c1ccccc1)c1ccccc1.[2H]CF.[N-]=[N+]=NCCOCCOCCOCCOCCOCCOCCOCCBr. The van der Waals surface area contributed by atoms with Crippen molar-refractivity contribution in [1.29, 1.82) is 0 Å². The van der Waals surface area contributed by atoms with Gasteiger partial charge >= 0.3 is 0 Å². The van der Waals surface area contributed by atoms with Gasteiger partial charge in [-0.2, -0.15) is 0 Å². The van der Waals surface area contributed by atoms with E-state index in [1.807, 2.05) is 11.8 Å². The molecular weight excluding hydrogens is 1040 g/mol. The second-order valence-corrected chi connectivity index (χ2v) is 16.7. The fourth-order valence-corrected chi connectivity index (χ4v) is 7.80. The van der Waals surface area contributed by atoms with E-state index in [1.165, 1.54) is 16.7 Å². The lowest BCUT2D eigenvalue weighted by atomic mass is 9.84. The van der Waals surface area contributed by atoms with Crippen LogP contribution >= 0.6 is 27.7 Å². The van der Waals surface area contributed by atoms with Gasteiger partial charge in [0.05, 0.1) is 198 Å². The summed E-state index contributed by atoms with van der Waals surface area (Å²) in [4.78, 5) is 2.63. The molecule has 0 aliphatic carbocycles. The predicted molar refractivity (Wildman–Crippen MR) is 287 cm³/mol. The molecule has 0 radical (unpaired) electrons. The van der Waals surface area contributed by atoms with Crippen LogP contribution in [0.25, 0.3) is 10.4 Å². The minimum atomic E-state index is -1.00. The zero-order valence-electron chi connectivity index (χ0n) is 43.8. The van der Waals surface area contributed by atoms with Crippen LogP contribution < -0.4 is 5.73 Å². The van der Waals surface area contributed by atoms with Crippen molar-refractivity contribution in [2.45, 2.75) is 4.75 Å². The van der Waals surface area contributed by atoms with E-state index in [0.29, 0.717) is 198 Å². The molecule has 0 aliphatic rings. The number of ether oxygens (including phenoxy) is 14. The second-order valence-electron chi connectivity index (χ2n) is 14.6. The Balaban J connectivity index is 0.000000782. The van der Waals surface area contributed by atoms with Gasteiger partial charge in [-0.3, -0.25) is 4.39 Å². The summed E-state index contributed by atoms with van der Waals surface area (Å²) >= 11 is 5.19. The Labute approximate surface area is 448 Å². The number of thioether (sulfide) groups is 1. The third-order valence-electron chi connectivity index (χ3n) is 9.43. The lowest BCUT2D eigenvalue weighted by Gasteiger charge is -2.35. The van der Waals surface area contributed by atoms with Crippen molar-refractivity contribution in [3.63, 3.8) is 0 Å². The molecule has 0 saturated carbocycles. The zero-order chi connectivity index (χ0) is 53.2. The van der Waals surface area contributed by atoms with Gasteiger partial charge < -0.3 is 72.0 Å². The van der Waals surface area contributed by atoms with Crippen molar-refractivity contribution in [2.24, 2.45) is 10.8 Å². The highest BCUT2D eigenvalue weighted by Crippen LogP contribution is 2.48. The van der Waals surface area contributed by atoms with Gasteiger partial charge in [-0.15, -0.1) is 11.8 Å². The van der Waals surface area contributed by atoms with Gasteiger partial charge in [-0.25, -0.2) is 0 Å². The molecule has 0 aliphatic heterocycles. The second kappa shape index (κ2) is 55.4.